The first-order valence-electron chi connectivity index (χ1n) is 13.5. The molecule has 3 heterocycles. The molecule has 1 fully saturated rings. The van der Waals surface area contributed by atoms with Crippen LogP contribution in [0.25, 0.3) is 27.6 Å². The first-order valence-corrected chi connectivity index (χ1v) is 13.5. The molecule has 212 valence electrons. The lowest BCUT2D eigenvalue weighted by atomic mass is 9.89. The van der Waals surface area contributed by atoms with Gasteiger partial charge in [0.05, 0.1) is 5.52 Å². The van der Waals surface area contributed by atoms with Crippen LogP contribution < -0.4 is 10.2 Å². The van der Waals surface area contributed by atoms with Gasteiger partial charge in [0.15, 0.2) is 5.82 Å². The van der Waals surface area contributed by atoms with Gasteiger partial charge < -0.3 is 25.0 Å². The first kappa shape index (κ1) is 27.8. The summed E-state index contributed by atoms with van der Waals surface area (Å²) >= 11 is 0. The van der Waals surface area contributed by atoms with E-state index in [-0.39, 0.29) is 46.3 Å². The Morgan fingerprint density at radius 1 is 1.00 bits per heavy atom. The second-order valence-electron chi connectivity index (χ2n) is 10.8. The zero-order valence-corrected chi connectivity index (χ0v) is 23.2. The molecule has 0 spiro atoms. The summed E-state index contributed by atoms with van der Waals surface area (Å²) in [4.78, 5) is 32.9. The number of amides is 2. The van der Waals surface area contributed by atoms with Gasteiger partial charge in [0, 0.05) is 89.4 Å². The Morgan fingerprint density at radius 2 is 1.73 bits per heavy atom. The second-order valence-corrected chi connectivity index (χ2v) is 10.8. The van der Waals surface area contributed by atoms with Crippen molar-refractivity contribution in [3.8, 4) is 11.1 Å². The van der Waals surface area contributed by atoms with Crippen LogP contribution in [0.4, 0.5) is 18.9 Å². The van der Waals surface area contributed by atoms with E-state index in [1.165, 1.54) is 24.0 Å². The van der Waals surface area contributed by atoms with Gasteiger partial charge in [-0.15, -0.1) is 0 Å². The van der Waals surface area contributed by atoms with E-state index in [1.54, 1.807) is 31.1 Å². The minimum Gasteiger partial charge on any atom is -0.369 e. The molecule has 0 unspecified atom stereocenters. The predicted molar refractivity (Wildman–Crippen MR) is 151 cm³/mol. The average Bonchev–Trinajstić information content (AvgIpc) is 3.39. The van der Waals surface area contributed by atoms with E-state index in [4.69, 9.17) is 0 Å². The van der Waals surface area contributed by atoms with E-state index in [0.29, 0.717) is 48.3 Å². The van der Waals surface area contributed by atoms with Crippen LogP contribution in [-0.2, 0) is 10.7 Å². The number of alkyl halides is 2. The fourth-order valence-corrected chi connectivity index (χ4v) is 5.53. The zero-order valence-electron chi connectivity index (χ0n) is 23.2. The Balaban J connectivity index is 1.74. The molecule has 2 amide bonds. The summed E-state index contributed by atoms with van der Waals surface area (Å²) in [6, 6.07) is 8.11. The molecule has 0 radical (unpaired) electrons. The Kier molecular flexibility index (Phi) is 7.39. The summed E-state index contributed by atoms with van der Waals surface area (Å²) in [7, 11) is 3.18. The number of H-pyrrole nitrogens is 1. The Bertz CT molecular complexity index is 1500. The van der Waals surface area contributed by atoms with Crippen LogP contribution in [0.3, 0.4) is 0 Å². The van der Waals surface area contributed by atoms with Gasteiger partial charge in [0.1, 0.15) is 5.69 Å². The fourth-order valence-electron chi connectivity index (χ4n) is 5.53. The smallest absolute Gasteiger partial charge is 0.271 e. The number of hydrogen-bond acceptors (Lipinski definition) is 4. The lowest BCUT2D eigenvalue weighted by molar-refractivity contribution is -0.128. The molecule has 0 aliphatic carbocycles. The van der Waals surface area contributed by atoms with Crippen molar-refractivity contribution in [2.75, 3.05) is 58.3 Å². The third-order valence-corrected chi connectivity index (χ3v) is 7.68. The average molecular weight is 554 g/mol. The van der Waals surface area contributed by atoms with E-state index in [2.05, 4.69) is 15.2 Å². The summed E-state index contributed by atoms with van der Waals surface area (Å²) in [5.74, 6) is -4.26. The molecule has 1 saturated heterocycles. The minimum atomic E-state index is -3.19. The number of aromatic nitrogens is 1. The molecule has 2 aliphatic heterocycles. The van der Waals surface area contributed by atoms with Crippen LogP contribution in [0, 0.1) is 5.82 Å². The van der Waals surface area contributed by atoms with Crippen LogP contribution in [0.5, 0.6) is 0 Å². The molecular formula is C30H34F3N5O2. The number of halogens is 3. The predicted octanol–water partition coefficient (Wildman–Crippen LogP) is 4.83. The molecule has 40 heavy (non-hydrogen) atoms. The molecule has 0 bridgehead atoms. The van der Waals surface area contributed by atoms with Gasteiger partial charge in [-0.05, 0) is 47.4 Å². The molecule has 0 saturated carbocycles. The summed E-state index contributed by atoms with van der Waals surface area (Å²) in [5.41, 5.74) is 2.22. The molecule has 2 N–H and O–H groups in total. The van der Waals surface area contributed by atoms with Gasteiger partial charge in [0.25, 0.3) is 11.8 Å². The summed E-state index contributed by atoms with van der Waals surface area (Å²) in [6.45, 7) is 6.00. The highest BCUT2D eigenvalue weighted by Crippen LogP contribution is 2.43. The molecule has 0 atom stereocenters. The molecule has 10 heteroatoms. The third-order valence-electron chi connectivity index (χ3n) is 7.68. The number of fused-ring (bicyclic) bond motifs is 1. The van der Waals surface area contributed by atoms with Gasteiger partial charge >= 0.3 is 0 Å². The van der Waals surface area contributed by atoms with Crippen molar-refractivity contribution in [3.05, 3.63) is 59.0 Å². The lowest BCUT2D eigenvalue weighted by Crippen LogP contribution is -2.43. The van der Waals surface area contributed by atoms with Crippen molar-refractivity contribution >= 4 is 34.0 Å². The van der Waals surface area contributed by atoms with Crippen LogP contribution in [0.1, 0.15) is 41.9 Å². The first-order chi connectivity index (χ1) is 19.0. The quantitative estimate of drug-likeness (QED) is 0.475. The molecular weight excluding hydrogens is 519 g/mol. The number of carbonyl (C=O) groups excluding carboxylic acids is 2. The van der Waals surface area contributed by atoms with Crippen LogP contribution >= 0.6 is 0 Å². The maximum atomic E-state index is 16.1. The number of aromatic amines is 1. The minimum absolute atomic E-state index is 0.0649. The number of anilines is 1. The van der Waals surface area contributed by atoms with Crippen molar-refractivity contribution in [2.24, 2.45) is 0 Å². The molecule has 2 aliphatic rings. The topological polar surface area (TPSA) is 71.7 Å². The molecule has 2 aromatic carbocycles. The van der Waals surface area contributed by atoms with Crippen LogP contribution in [-0.4, -0.2) is 80.0 Å². The fraction of sp³-hybridized carbons (Fsp3) is 0.400. The van der Waals surface area contributed by atoms with Crippen molar-refractivity contribution in [3.63, 3.8) is 0 Å². The highest BCUT2D eigenvalue weighted by Gasteiger charge is 2.31. The van der Waals surface area contributed by atoms with Gasteiger partial charge in [-0.1, -0.05) is 12.1 Å². The Hall–Kier alpha value is -3.79. The molecule has 7 nitrogen and oxygen atoms in total. The highest BCUT2D eigenvalue weighted by atomic mass is 19.3. The third kappa shape index (κ3) is 5.20. The maximum absolute atomic E-state index is 16.1. The van der Waals surface area contributed by atoms with Gasteiger partial charge in [-0.3, -0.25) is 9.59 Å². The van der Waals surface area contributed by atoms with Crippen molar-refractivity contribution in [1.82, 2.24) is 20.1 Å². The zero-order chi connectivity index (χ0) is 28.8. The monoisotopic (exact) mass is 553 g/mol. The van der Waals surface area contributed by atoms with Gasteiger partial charge in [-0.25, -0.2) is 13.2 Å². The van der Waals surface area contributed by atoms with E-state index < -0.39 is 11.7 Å². The highest BCUT2D eigenvalue weighted by molar-refractivity contribution is 6.05. The second kappa shape index (κ2) is 10.6. The van der Waals surface area contributed by atoms with Gasteiger partial charge in [0.2, 0.25) is 5.91 Å². The number of rotatable bonds is 5. The van der Waals surface area contributed by atoms with Crippen molar-refractivity contribution < 1.29 is 22.8 Å². The SMILES string of the molecule is CC(=O)N1CCC=C(c2cc(-c3ccc(N4CCNCC4)cc3C(C)(F)F)c3cc(C(=O)N(C)C)[nH]c3c2F)C1. The van der Waals surface area contributed by atoms with E-state index in [9.17, 15) is 9.59 Å². The number of piperazine rings is 1. The van der Waals surface area contributed by atoms with E-state index >= 15 is 13.2 Å². The largest absolute Gasteiger partial charge is 0.369 e. The number of nitrogens with one attached hydrogen (secondary N) is 2. The summed E-state index contributed by atoms with van der Waals surface area (Å²) < 4.78 is 46.6. The number of carbonyl (C=O) groups is 2. The van der Waals surface area contributed by atoms with E-state index in [0.717, 1.165) is 20.0 Å². The van der Waals surface area contributed by atoms with Crippen LogP contribution in [0.15, 0.2) is 36.4 Å². The number of nitrogens with zero attached hydrogens (tertiary/aromatic N) is 3. The van der Waals surface area contributed by atoms with Crippen LogP contribution in [0.2, 0.25) is 0 Å². The molecule has 1 aromatic heterocycles. The Labute approximate surface area is 231 Å². The molecule has 3 aromatic rings. The standard InChI is InChI=1S/C30H34F3N5O2/c1-18(39)38-11-5-6-19(17-38)22-15-23(24-16-26(29(40)36(3)4)35-28(24)27(22)31)21-8-7-20(14-25(21)30(2,32)33)37-12-9-34-10-13-37/h6-8,14-16,34-35H,5,9-13,17H2,1-4H3. The van der Waals surface area contributed by atoms with Crippen molar-refractivity contribution in [2.45, 2.75) is 26.2 Å². The Morgan fingerprint density at radius 3 is 2.38 bits per heavy atom. The summed E-state index contributed by atoms with van der Waals surface area (Å²) in [5, 5.41) is 3.61. The maximum Gasteiger partial charge on any atom is 0.271 e. The lowest BCUT2D eigenvalue weighted by Gasteiger charge is -2.31. The van der Waals surface area contributed by atoms with Crippen molar-refractivity contribution in [1.29, 1.82) is 0 Å². The van der Waals surface area contributed by atoms with Gasteiger partial charge in [-0.2, -0.15) is 0 Å². The van der Waals surface area contributed by atoms with E-state index in [1.807, 2.05) is 12.1 Å². The number of hydrogen-bond donors (Lipinski definition) is 2. The summed E-state index contributed by atoms with van der Waals surface area (Å²) in [6.07, 6.45) is 2.43. The number of benzene rings is 2. The molecule has 5 rings (SSSR count). The normalized spacial score (nSPS) is 16.3.